The fraction of sp³-hybridized carbons (Fsp3) is 0.350. The van der Waals surface area contributed by atoms with Crippen LogP contribution in [0.3, 0.4) is 0 Å². The zero-order valence-electron chi connectivity index (χ0n) is 14.4. The highest BCUT2D eigenvalue weighted by Crippen LogP contribution is 2.23. The SMILES string of the molecule is C=CN1CCC(NC2CCOC2)=C(C(=N)c2cccc(C(=C)O)c2)C1. The van der Waals surface area contributed by atoms with Gasteiger partial charge in [0.25, 0.3) is 0 Å². The lowest BCUT2D eigenvalue weighted by Crippen LogP contribution is -2.38. The third-order valence-corrected chi connectivity index (χ3v) is 4.73. The highest BCUT2D eigenvalue weighted by molar-refractivity contribution is 6.11. The van der Waals surface area contributed by atoms with Gasteiger partial charge in [-0.25, -0.2) is 0 Å². The molecule has 0 aliphatic carbocycles. The van der Waals surface area contributed by atoms with Crippen molar-refractivity contribution in [3.63, 3.8) is 0 Å². The smallest absolute Gasteiger partial charge is 0.115 e. The molecule has 1 fully saturated rings. The van der Waals surface area contributed by atoms with Crippen molar-refractivity contribution in [2.75, 3.05) is 26.3 Å². The van der Waals surface area contributed by atoms with Crippen LogP contribution >= 0.6 is 0 Å². The molecule has 0 spiro atoms. The second-order valence-corrected chi connectivity index (χ2v) is 6.47. The van der Waals surface area contributed by atoms with Gasteiger partial charge in [0.05, 0.1) is 18.4 Å². The van der Waals surface area contributed by atoms with Crippen LogP contribution in [0.2, 0.25) is 0 Å². The lowest BCUT2D eigenvalue weighted by atomic mass is 9.94. The Bertz CT molecular complexity index is 717. The van der Waals surface area contributed by atoms with Crippen molar-refractivity contribution in [1.29, 1.82) is 5.41 Å². The summed E-state index contributed by atoms with van der Waals surface area (Å²) in [6.45, 7) is 10.5. The van der Waals surface area contributed by atoms with E-state index in [1.807, 2.05) is 18.3 Å². The molecule has 1 saturated heterocycles. The first-order valence-corrected chi connectivity index (χ1v) is 8.59. The number of rotatable bonds is 6. The summed E-state index contributed by atoms with van der Waals surface area (Å²) in [4.78, 5) is 2.12. The quantitative estimate of drug-likeness (QED) is 0.550. The molecule has 0 saturated carbocycles. The molecule has 0 radical (unpaired) electrons. The van der Waals surface area contributed by atoms with Gasteiger partial charge in [0.15, 0.2) is 0 Å². The van der Waals surface area contributed by atoms with E-state index in [9.17, 15) is 5.11 Å². The molecule has 0 amide bonds. The molecular weight excluding hydrogens is 314 g/mol. The normalized spacial score (nSPS) is 20.5. The Balaban J connectivity index is 1.91. The topological polar surface area (TPSA) is 68.6 Å². The Labute approximate surface area is 148 Å². The standard InChI is InChI=1S/C20H25N3O2/c1-3-23-9-7-19(22-17-8-10-25-13-17)18(12-23)20(21)16-6-4-5-15(11-16)14(2)24/h3-6,11,17,21-22,24H,1-2,7-10,12-13H2. The third-order valence-electron chi connectivity index (χ3n) is 4.73. The Hall–Kier alpha value is -2.53. The fourth-order valence-electron chi connectivity index (χ4n) is 3.25. The first kappa shape index (κ1) is 17.3. The number of nitrogens with one attached hydrogen (secondary N) is 2. The third kappa shape index (κ3) is 3.94. The largest absolute Gasteiger partial charge is 0.508 e. The van der Waals surface area contributed by atoms with Gasteiger partial charge in [0.1, 0.15) is 5.76 Å². The maximum absolute atomic E-state index is 9.64. The highest BCUT2D eigenvalue weighted by atomic mass is 16.5. The van der Waals surface area contributed by atoms with Crippen LogP contribution in [0, 0.1) is 5.41 Å². The maximum Gasteiger partial charge on any atom is 0.115 e. The minimum absolute atomic E-state index is 0.0152. The van der Waals surface area contributed by atoms with Gasteiger partial charge in [0.2, 0.25) is 0 Å². The van der Waals surface area contributed by atoms with Crippen molar-refractivity contribution in [2.45, 2.75) is 18.9 Å². The van der Waals surface area contributed by atoms with Crippen molar-refractivity contribution in [3.8, 4) is 0 Å². The van der Waals surface area contributed by atoms with Gasteiger partial charge in [-0.3, -0.25) is 5.41 Å². The fourth-order valence-corrected chi connectivity index (χ4v) is 3.25. The molecule has 1 unspecified atom stereocenters. The summed E-state index contributed by atoms with van der Waals surface area (Å²) < 4.78 is 5.46. The number of hydrogen-bond donors (Lipinski definition) is 3. The number of ether oxygens (including phenoxy) is 1. The van der Waals surface area contributed by atoms with E-state index in [0.717, 1.165) is 49.4 Å². The summed E-state index contributed by atoms with van der Waals surface area (Å²) in [6.07, 6.45) is 3.68. The molecule has 1 aromatic carbocycles. The van der Waals surface area contributed by atoms with Crippen LogP contribution in [0.15, 0.2) is 54.9 Å². The molecule has 0 bridgehead atoms. The Morgan fingerprint density at radius 1 is 1.40 bits per heavy atom. The van der Waals surface area contributed by atoms with Crippen molar-refractivity contribution in [1.82, 2.24) is 10.2 Å². The number of hydrogen-bond acceptors (Lipinski definition) is 5. The Morgan fingerprint density at radius 2 is 2.20 bits per heavy atom. The molecule has 3 rings (SSSR count). The predicted octanol–water partition coefficient (Wildman–Crippen LogP) is 3.06. The van der Waals surface area contributed by atoms with E-state index in [4.69, 9.17) is 10.1 Å². The molecule has 1 aromatic rings. The lowest BCUT2D eigenvalue weighted by molar-refractivity contribution is 0.191. The molecule has 5 nitrogen and oxygen atoms in total. The van der Waals surface area contributed by atoms with Gasteiger partial charge < -0.3 is 20.1 Å². The van der Waals surface area contributed by atoms with Gasteiger partial charge >= 0.3 is 0 Å². The van der Waals surface area contributed by atoms with Gasteiger partial charge in [-0.1, -0.05) is 31.4 Å². The molecule has 132 valence electrons. The molecule has 5 heteroatoms. The molecule has 2 aliphatic rings. The van der Waals surface area contributed by atoms with Crippen molar-refractivity contribution >= 4 is 11.5 Å². The summed E-state index contributed by atoms with van der Waals surface area (Å²) >= 11 is 0. The lowest BCUT2D eigenvalue weighted by Gasteiger charge is -2.32. The monoisotopic (exact) mass is 339 g/mol. The molecule has 1 atom stereocenters. The van der Waals surface area contributed by atoms with E-state index in [2.05, 4.69) is 23.4 Å². The highest BCUT2D eigenvalue weighted by Gasteiger charge is 2.24. The van der Waals surface area contributed by atoms with Crippen LogP contribution in [-0.4, -0.2) is 48.1 Å². The minimum Gasteiger partial charge on any atom is -0.508 e. The van der Waals surface area contributed by atoms with E-state index < -0.39 is 0 Å². The van der Waals surface area contributed by atoms with Gasteiger partial charge in [-0.05, 0) is 18.7 Å². The minimum atomic E-state index is 0.0152. The first-order chi connectivity index (χ1) is 12.1. The summed E-state index contributed by atoms with van der Waals surface area (Å²) in [7, 11) is 0. The summed E-state index contributed by atoms with van der Waals surface area (Å²) in [6, 6.07) is 7.65. The number of aliphatic hydroxyl groups is 1. The zero-order valence-corrected chi connectivity index (χ0v) is 14.4. The summed E-state index contributed by atoms with van der Waals surface area (Å²) in [5, 5.41) is 22.0. The van der Waals surface area contributed by atoms with Crippen LogP contribution in [-0.2, 0) is 4.74 Å². The molecular formula is C20H25N3O2. The second-order valence-electron chi connectivity index (χ2n) is 6.47. The van der Waals surface area contributed by atoms with Gasteiger partial charge in [-0.2, -0.15) is 0 Å². The van der Waals surface area contributed by atoms with E-state index >= 15 is 0 Å². The van der Waals surface area contributed by atoms with Crippen molar-refractivity contribution < 1.29 is 9.84 Å². The van der Waals surface area contributed by atoms with Crippen LogP contribution in [0.25, 0.3) is 5.76 Å². The van der Waals surface area contributed by atoms with Gasteiger partial charge in [0, 0.05) is 48.5 Å². The zero-order chi connectivity index (χ0) is 17.8. The average Bonchev–Trinajstić information content (AvgIpc) is 3.14. The molecule has 25 heavy (non-hydrogen) atoms. The van der Waals surface area contributed by atoms with E-state index in [0.29, 0.717) is 23.9 Å². The molecule has 2 aliphatic heterocycles. The number of benzene rings is 1. The average molecular weight is 339 g/mol. The van der Waals surface area contributed by atoms with Crippen molar-refractivity contribution in [3.05, 3.63) is 66.0 Å². The van der Waals surface area contributed by atoms with Crippen LogP contribution < -0.4 is 5.32 Å². The molecule has 3 N–H and O–H groups in total. The van der Waals surface area contributed by atoms with Crippen molar-refractivity contribution in [2.24, 2.45) is 0 Å². The second kappa shape index (κ2) is 7.57. The summed E-state index contributed by atoms with van der Waals surface area (Å²) in [5.74, 6) is 0.0152. The van der Waals surface area contributed by atoms with Crippen LogP contribution in [0.1, 0.15) is 24.0 Å². The number of aliphatic hydroxyl groups excluding tert-OH is 1. The van der Waals surface area contributed by atoms with E-state index in [1.54, 1.807) is 12.1 Å². The summed E-state index contributed by atoms with van der Waals surface area (Å²) in [5.41, 5.74) is 3.97. The van der Waals surface area contributed by atoms with E-state index in [-0.39, 0.29) is 5.76 Å². The Morgan fingerprint density at radius 3 is 2.88 bits per heavy atom. The predicted molar refractivity (Wildman–Crippen MR) is 101 cm³/mol. The molecule has 0 aromatic heterocycles. The number of nitrogens with zero attached hydrogens (tertiary/aromatic N) is 1. The molecule has 2 heterocycles. The van der Waals surface area contributed by atoms with E-state index in [1.165, 1.54) is 0 Å². The Kier molecular flexibility index (Phi) is 5.24. The van der Waals surface area contributed by atoms with Crippen LogP contribution in [0.4, 0.5) is 0 Å². The van der Waals surface area contributed by atoms with Crippen LogP contribution in [0.5, 0.6) is 0 Å². The van der Waals surface area contributed by atoms with Gasteiger partial charge in [-0.15, -0.1) is 0 Å². The first-order valence-electron chi connectivity index (χ1n) is 8.59. The maximum atomic E-state index is 9.64.